The number of fused-ring (bicyclic) bond motifs is 6. The van der Waals surface area contributed by atoms with Gasteiger partial charge in [0.2, 0.25) is 0 Å². The predicted molar refractivity (Wildman–Crippen MR) is 103 cm³/mol. The lowest BCUT2D eigenvalue weighted by Gasteiger charge is -2.41. The fourth-order valence-corrected chi connectivity index (χ4v) is 5.97. The quantitative estimate of drug-likeness (QED) is 0.579. The molecule has 0 heteroatoms. The molecular formula is C24H28. The lowest BCUT2D eigenvalue weighted by atomic mass is 9.62. The summed E-state index contributed by atoms with van der Waals surface area (Å²) in [6.07, 6.45) is 15.7. The molecule has 1 fully saturated rings. The van der Waals surface area contributed by atoms with Gasteiger partial charge in [0.05, 0.1) is 0 Å². The van der Waals surface area contributed by atoms with Crippen molar-refractivity contribution in [2.75, 3.05) is 0 Å². The van der Waals surface area contributed by atoms with Gasteiger partial charge in [0.25, 0.3) is 0 Å². The van der Waals surface area contributed by atoms with Gasteiger partial charge in [-0.3, -0.25) is 0 Å². The molecule has 3 aliphatic rings. The zero-order valence-electron chi connectivity index (χ0n) is 14.9. The van der Waals surface area contributed by atoms with Crippen molar-refractivity contribution >= 4 is 10.8 Å². The minimum atomic E-state index is 0.473. The molecule has 0 nitrogen and oxygen atoms in total. The smallest absolute Gasteiger partial charge is 0.00246 e. The summed E-state index contributed by atoms with van der Waals surface area (Å²) in [5, 5.41) is 3.01. The monoisotopic (exact) mass is 316 g/mol. The Bertz CT molecular complexity index is 812. The molecular weight excluding hydrogens is 288 g/mol. The number of unbranched alkanes of at least 4 members (excludes halogenated alkanes) is 1. The Labute approximate surface area is 146 Å². The van der Waals surface area contributed by atoms with E-state index in [1.807, 2.05) is 0 Å². The highest BCUT2D eigenvalue weighted by Gasteiger charge is 2.50. The van der Waals surface area contributed by atoms with Crippen molar-refractivity contribution in [3.63, 3.8) is 0 Å². The number of benzene rings is 2. The van der Waals surface area contributed by atoms with Gasteiger partial charge in [-0.25, -0.2) is 0 Å². The van der Waals surface area contributed by atoms with E-state index in [-0.39, 0.29) is 0 Å². The van der Waals surface area contributed by atoms with Crippen molar-refractivity contribution in [2.45, 2.75) is 63.7 Å². The van der Waals surface area contributed by atoms with Crippen LogP contribution in [0.4, 0.5) is 0 Å². The van der Waals surface area contributed by atoms with Gasteiger partial charge in [0.15, 0.2) is 0 Å². The number of rotatable bonds is 3. The van der Waals surface area contributed by atoms with E-state index >= 15 is 0 Å². The zero-order chi connectivity index (χ0) is 16.1. The Morgan fingerprint density at radius 3 is 2.92 bits per heavy atom. The summed E-state index contributed by atoms with van der Waals surface area (Å²) in [6, 6.07) is 12.1. The van der Waals surface area contributed by atoms with Crippen molar-refractivity contribution in [2.24, 2.45) is 11.8 Å². The van der Waals surface area contributed by atoms with Gasteiger partial charge in [0, 0.05) is 5.41 Å². The van der Waals surface area contributed by atoms with Crippen molar-refractivity contribution in [1.82, 2.24) is 0 Å². The van der Waals surface area contributed by atoms with Crippen LogP contribution in [0.5, 0.6) is 0 Å². The molecule has 3 aliphatic carbocycles. The molecule has 2 aromatic carbocycles. The standard InChI is InChI=1S/C24H28/c1-2-3-6-18-7-4-8-19-15-23-20(14-22(18)19)9-5-12-24(23)16-17-10-11-21(24)13-17/h4,7-8,10-11,14-15,17,21H,2-3,5-6,9,12-13,16H2,1H3. The summed E-state index contributed by atoms with van der Waals surface area (Å²) >= 11 is 0. The van der Waals surface area contributed by atoms with Crippen LogP contribution in [-0.2, 0) is 18.3 Å². The summed E-state index contributed by atoms with van der Waals surface area (Å²) in [5.41, 5.74) is 5.41. The zero-order valence-corrected chi connectivity index (χ0v) is 14.9. The van der Waals surface area contributed by atoms with Crippen molar-refractivity contribution < 1.29 is 0 Å². The van der Waals surface area contributed by atoms with E-state index in [0.717, 1.165) is 11.8 Å². The summed E-state index contributed by atoms with van der Waals surface area (Å²) in [7, 11) is 0. The van der Waals surface area contributed by atoms with Crippen LogP contribution in [0.15, 0.2) is 42.5 Å². The average Bonchev–Trinajstić information content (AvgIpc) is 3.20. The van der Waals surface area contributed by atoms with Crippen LogP contribution in [0.3, 0.4) is 0 Å². The Morgan fingerprint density at radius 1 is 1.17 bits per heavy atom. The molecule has 0 amide bonds. The van der Waals surface area contributed by atoms with Crippen molar-refractivity contribution in [3.05, 3.63) is 59.2 Å². The SMILES string of the molecule is CCCCc1cccc2cc3c(cc12)CCCC31CC2C=CC1C2. The van der Waals surface area contributed by atoms with Gasteiger partial charge >= 0.3 is 0 Å². The number of hydrogen-bond donors (Lipinski definition) is 0. The second kappa shape index (κ2) is 5.48. The molecule has 5 rings (SSSR count). The lowest BCUT2D eigenvalue weighted by molar-refractivity contribution is 0.304. The fourth-order valence-electron chi connectivity index (χ4n) is 5.97. The second-order valence-corrected chi connectivity index (χ2v) is 8.45. The third kappa shape index (κ3) is 2.05. The normalized spacial score (nSPS) is 30.4. The molecule has 0 aliphatic heterocycles. The molecule has 1 spiro atoms. The molecule has 1 saturated carbocycles. The first-order valence-corrected chi connectivity index (χ1v) is 10.0. The van der Waals surface area contributed by atoms with Crippen LogP contribution in [0.1, 0.15) is 62.1 Å². The van der Waals surface area contributed by atoms with E-state index in [9.17, 15) is 0 Å². The minimum Gasteiger partial charge on any atom is -0.0851 e. The van der Waals surface area contributed by atoms with E-state index in [0.29, 0.717) is 5.41 Å². The van der Waals surface area contributed by atoms with Gasteiger partial charge in [-0.1, -0.05) is 55.8 Å². The summed E-state index contributed by atoms with van der Waals surface area (Å²) in [4.78, 5) is 0. The van der Waals surface area contributed by atoms with Gasteiger partial charge in [-0.15, -0.1) is 0 Å². The Kier molecular flexibility index (Phi) is 3.37. The third-order valence-corrected chi connectivity index (χ3v) is 7.11. The molecule has 0 heterocycles. The largest absolute Gasteiger partial charge is 0.0851 e. The first-order chi connectivity index (χ1) is 11.8. The summed E-state index contributed by atoms with van der Waals surface area (Å²) in [6.45, 7) is 2.29. The molecule has 0 N–H and O–H groups in total. The number of allylic oxidation sites excluding steroid dienone is 2. The van der Waals surface area contributed by atoms with Gasteiger partial charge in [-0.2, -0.15) is 0 Å². The maximum Gasteiger partial charge on any atom is 0.00246 e. The van der Waals surface area contributed by atoms with Crippen LogP contribution < -0.4 is 0 Å². The van der Waals surface area contributed by atoms with Crippen LogP contribution in [0.25, 0.3) is 10.8 Å². The average molecular weight is 316 g/mol. The van der Waals surface area contributed by atoms with Crippen LogP contribution in [0.2, 0.25) is 0 Å². The van der Waals surface area contributed by atoms with Crippen molar-refractivity contribution in [3.8, 4) is 0 Å². The van der Waals surface area contributed by atoms with Gasteiger partial charge in [-0.05, 0) is 84.2 Å². The fraction of sp³-hybridized carbons (Fsp3) is 0.500. The third-order valence-electron chi connectivity index (χ3n) is 7.11. The first-order valence-electron chi connectivity index (χ1n) is 10.0. The van der Waals surface area contributed by atoms with E-state index in [1.165, 1.54) is 62.1 Å². The highest BCUT2D eigenvalue weighted by atomic mass is 14.5. The summed E-state index contributed by atoms with van der Waals surface area (Å²) < 4.78 is 0. The maximum absolute atomic E-state index is 2.59. The maximum atomic E-state index is 2.59. The van der Waals surface area contributed by atoms with E-state index in [1.54, 1.807) is 16.7 Å². The lowest BCUT2D eigenvalue weighted by Crippen LogP contribution is -2.35. The number of aryl methyl sites for hydroxylation is 2. The van der Waals surface area contributed by atoms with Crippen LogP contribution in [0, 0.1) is 11.8 Å². The molecule has 3 unspecified atom stereocenters. The highest BCUT2D eigenvalue weighted by Crippen LogP contribution is 2.58. The van der Waals surface area contributed by atoms with Crippen molar-refractivity contribution in [1.29, 1.82) is 0 Å². The highest BCUT2D eigenvalue weighted by molar-refractivity contribution is 5.88. The van der Waals surface area contributed by atoms with E-state index < -0.39 is 0 Å². The Morgan fingerprint density at radius 2 is 2.12 bits per heavy atom. The number of hydrogen-bond acceptors (Lipinski definition) is 0. The minimum absolute atomic E-state index is 0.473. The van der Waals surface area contributed by atoms with E-state index in [2.05, 4.69) is 49.4 Å². The molecule has 3 atom stereocenters. The molecule has 2 aromatic rings. The molecule has 124 valence electrons. The molecule has 0 aromatic heterocycles. The van der Waals surface area contributed by atoms with E-state index in [4.69, 9.17) is 0 Å². The second-order valence-electron chi connectivity index (χ2n) is 8.45. The molecule has 0 radical (unpaired) electrons. The van der Waals surface area contributed by atoms with Crippen LogP contribution in [-0.4, -0.2) is 0 Å². The predicted octanol–water partition coefficient (Wildman–Crippen LogP) is 6.35. The molecule has 2 bridgehead atoms. The summed E-state index contributed by atoms with van der Waals surface area (Å²) in [5.74, 6) is 1.66. The topological polar surface area (TPSA) is 0 Å². The van der Waals surface area contributed by atoms with Gasteiger partial charge < -0.3 is 0 Å². The Balaban J connectivity index is 1.66. The Hall–Kier alpha value is -1.56. The molecule has 24 heavy (non-hydrogen) atoms. The first kappa shape index (κ1) is 14.8. The van der Waals surface area contributed by atoms with Gasteiger partial charge in [0.1, 0.15) is 0 Å². The molecule has 0 saturated heterocycles. The van der Waals surface area contributed by atoms with Crippen LogP contribution >= 0.6 is 0 Å².